The highest BCUT2D eigenvalue weighted by atomic mass is 31.2. The van der Waals surface area contributed by atoms with Crippen molar-refractivity contribution in [3.8, 4) is 22.3 Å². The Bertz CT molecular complexity index is 3450. The van der Waals surface area contributed by atoms with E-state index in [1.165, 1.54) is 0 Å². The van der Waals surface area contributed by atoms with Crippen LogP contribution in [0.2, 0.25) is 0 Å². The smallest absolute Gasteiger partial charge is 0.326 e. The maximum absolute atomic E-state index is 14.1. The number of hydrogen-bond donors (Lipinski definition) is 6. The Labute approximate surface area is 474 Å². The van der Waals surface area contributed by atoms with Crippen LogP contribution in [-0.2, 0) is 66.8 Å². The Kier molecular flexibility index (Phi) is 21.0. The third-order valence-electron chi connectivity index (χ3n) is 14.9. The molecule has 0 heterocycles. The van der Waals surface area contributed by atoms with Crippen molar-refractivity contribution >= 4 is 49.3 Å². The molecule has 8 rings (SSSR count). The first kappa shape index (κ1) is 59.4. The minimum absolute atomic E-state index is 0.00646. The highest BCUT2D eigenvalue weighted by molar-refractivity contribution is 7.58. The van der Waals surface area contributed by atoms with E-state index in [1.54, 1.807) is 0 Å². The van der Waals surface area contributed by atoms with Crippen LogP contribution < -0.4 is 10.6 Å². The fourth-order valence-electron chi connectivity index (χ4n) is 10.3. The molecule has 0 saturated heterocycles. The van der Waals surface area contributed by atoms with Crippen molar-refractivity contribution in [1.29, 1.82) is 0 Å². The van der Waals surface area contributed by atoms with Crippen molar-refractivity contribution < 1.29 is 48.3 Å². The number of hydrogen-bond acceptors (Lipinski definition) is 6. The predicted octanol–water partition coefficient (Wildman–Crippen LogP) is 12.3. The first-order chi connectivity index (χ1) is 39.0. The number of carboxylic acid groups (broad SMARTS) is 2. The van der Waals surface area contributed by atoms with Crippen LogP contribution in [0.4, 0.5) is 0 Å². The van der Waals surface area contributed by atoms with Crippen molar-refractivity contribution in [2.75, 3.05) is 24.6 Å². The van der Waals surface area contributed by atoms with Crippen molar-refractivity contribution in [2.45, 2.75) is 69.9 Å². The van der Waals surface area contributed by atoms with E-state index in [2.05, 4.69) is 10.6 Å². The fourth-order valence-corrected chi connectivity index (χ4v) is 13.8. The monoisotopic (exact) mass is 1120 g/mol. The largest absolute Gasteiger partial charge is 0.480 e. The summed E-state index contributed by atoms with van der Waals surface area (Å²) in [6.07, 6.45) is 2.37. The lowest BCUT2D eigenvalue weighted by molar-refractivity contribution is -0.142. The number of rotatable bonds is 29. The summed E-state index contributed by atoms with van der Waals surface area (Å²) in [6, 6.07) is 62.9. The fraction of sp³-hybridized carbons (Fsp3) is 0.254. The van der Waals surface area contributed by atoms with Crippen LogP contribution in [0.15, 0.2) is 206 Å². The molecule has 12 nitrogen and oxygen atoms in total. The molecule has 8 aromatic rings. The molecule has 0 fully saturated rings. The van der Waals surface area contributed by atoms with Gasteiger partial charge >= 0.3 is 11.9 Å². The molecular weight excluding hydrogens is 1050 g/mol. The molecular formula is C67H70N2O10P2. The van der Waals surface area contributed by atoms with Crippen LogP contribution in [0.1, 0.15) is 52.6 Å². The van der Waals surface area contributed by atoms with Gasteiger partial charge in [0.15, 0.2) is 0 Å². The molecule has 6 N–H and O–H groups in total. The average Bonchev–Trinajstić information content (AvgIpc) is 3.48. The highest BCUT2D eigenvalue weighted by Crippen LogP contribution is 2.45. The minimum atomic E-state index is -3.86. The highest BCUT2D eigenvalue weighted by Gasteiger charge is 2.34. The first-order valence-corrected chi connectivity index (χ1v) is 31.7. The van der Waals surface area contributed by atoms with Gasteiger partial charge in [0.25, 0.3) is 0 Å². The van der Waals surface area contributed by atoms with Crippen LogP contribution in [0, 0.1) is 11.8 Å². The number of carboxylic acids is 2. The molecule has 81 heavy (non-hydrogen) atoms. The molecule has 418 valence electrons. The molecule has 2 amide bonds. The zero-order valence-corrected chi connectivity index (χ0v) is 47.1. The number of aryl methyl sites for hydroxylation is 3. The normalized spacial score (nSPS) is 14.3. The second-order valence-corrected chi connectivity index (χ2v) is 26.2. The van der Waals surface area contributed by atoms with Gasteiger partial charge in [0.05, 0.1) is 11.8 Å². The van der Waals surface area contributed by atoms with Gasteiger partial charge < -0.3 is 30.6 Å². The Morgan fingerprint density at radius 2 is 0.765 bits per heavy atom. The van der Waals surface area contributed by atoms with E-state index >= 15 is 0 Å². The van der Waals surface area contributed by atoms with Gasteiger partial charge in [-0.3, -0.25) is 18.7 Å². The molecule has 0 aromatic heterocycles. The topological polar surface area (TPSA) is 207 Å². The number of aliphatic carboxylic acids is 2. The molecule has 0 saturated carbocycles. The van der Waals surface area contributed by atoms with Crippen molar-refractivity contribution in [3.63, 3.8) is 0 Å². The zero-order chi connectivity index (χ0) is 57.2. The minimum Gasteiger partial charge on any atom is -0.480 e. The lowest BCUT2D eigenvalue weighted by atomic mass is 9.96. The number of carbonyl (C=O) groups excluding carboxylic acids is 2. The first-order valence-electron chi connectivity index (χ1n) is 27.6. The second-order valence-electron chi connectivity index (χ2n) is 21.2. The Morgan fingerprint density at radius 1 is 0.383 bits per heavy atom. The van der Waals surface area contributed by atoms with Crippen LogP contribution in [-0.4, -0.2) is 80.5 Å². The van der Waals surface area contributed by atoms with Gasteiger partial charge in [-0.25, -0.2) is 9.59 Å². The molecule has 0 aliphatic carbocycles. The summed E-state index contributed by atoms with van der Waals surface area (Å²) in [7, 11) is -7.67. The van der Waals surface area contributed by atoms with E-state index in [4.69, 9.17) is 0 Å². The maximum atomic E-state index is 14.1. The summed E-state index contributed by atoms with van der Waals surface area (Å²) in [4.78, 5) is 75.7. The van der Waals surface area contributed by atoms with Crippen molar-refractivity contribution in [2.24, 2.45) is 11.8 Å². The van der Waals surface area contributed by atoms with Gasteiger partial charge in [-0.2, -0.15) is 0 Å². The molecule has 0 bridgehead atoms. The van der Waals surface area contributed by atoms with E-state index in [0.29, 0.717) is 32.1 Å². The Hall–Kier alpha value is -7.72. The van der Waals surface area contributed by atoms with Gasteiger partial charge in [0.2, 0.25) is 26.6 Å². The summed E-state index contributed by atoms with van der Waals surface area (Å²) < 4.78 is 27.5. The number of amides is 2. The van der Waals surface area contributed by atoms with Gasteiger partial charge in [0.1, 0.15) is 12.1 Å². The summed E-state index contributed by atoms with van der Waals surface area (Å²) in [5.74, 6) is -5.48. The predicted molar refractivity (Wildman–Crippen MR) is 322 cm³/mol. The lowest BCUT2D eigenvalue weighted by Crippen LogP contribution is -2.46. The van der Waals surface area contributed by atoms with E-state index in [9.17, 15) is 48.3 Å². The molecule has 8 aromatic carbocycles. The van der Waals surface area contributed by atoms with Gasteiger partial charge in [-0.1, -0.05) is 213 Å². The van der Waals surface area contributed by atoms with E-state index in [1.807, 2.05) is 206 Å². The van der Waals surface area contributed by atoms with E-state index < -0.39 is 62.4 Å². The quantitative estimate of drug-likeness (QED) is 0.0193. The van der Waals surface area contributed by atoms with Crippen LogP contribution >= 0.6 is 14.7 Å². The molecule has 0 spiro atoms. The van der Waals surface area contributed by atoms with E-state index in [0.717, 1.165) is 66.4 Å². The van der Waals surface area contributed by atoms with E-state index in [-0.39, 0.29) is 50.3 Å². The molecule has 0 aliphatic rings. The third kappa shape index (κ3) is 18.4. The second kappa shape index (κ2) is 28.6. The molecule has 6 atom stereocenters. The summed E-state index contributed by atoms with van der Waals surface area (Å²) in [5, 5.41) is 27.9. The molecule has 6 unspecified atom stereocenters. The Morgan fingerprint density at radius 3 is 1.23 bits per heavy atom. The van der Waals surface area contributed by atoms with Crippen LogP contribution in [0.5, 0.6) is 0 Å². The average molecular weight is 1130 g/mol. The van der Waals surface area contributed by atoms with Crippen molar-refractivity contribution in [3.05, 3.63) is 240 Å². The molecule has 14 heteroatoms. The summed E-state index contributed by atoms with van der Waals surface area (Å²) in [5.41, 5.74) is 8.98. The third-order valence-corrected chi connectivity index (χ3v) is 18.8. The molecule has 0 radical (unpaired) electrons. The maximum Gasteiger partial charge on any atom is 0.326 e. The Balaban J connectivity index is 0.868. The number of carbonyl (C=O) groups is 4. The zero-order valence-electron chi connectivity index (χ0n) is 45.3. The molecule has 0 aliphatic heterocycles. The van der Waals surface area contributed by atoms with Gasteiger partial charge in [0, 0.05) is 31.1 Å². The van der Waals surface area contributed by atoms with Gasteiger partial charge in [-0.05, 0) is 111 Å². The van der Waals surface area contributed by atoms with Gasteiger partial charge in [-0.15, -0.1) is 0 Å². The standard InChI is InChI=1S/C67H70N2O10P2/c70-64(60(46-80(76,77)40-38-48-14-4-1-5-15-48)42-51-26-33-56(34-27-51)54-19-8-3-9-20-54)68-62(66(72)73)23-13-10-18-50-24-31-57(32-25-50)58-35-28-52(29-36-58)43-61(47-81(78,79)41-39-49-16-6-2-7-17-49)65(71)69-63(67(74)75)45-53-30-37-55-21-11-12-22-59(55)44-53/h1-9,11-12,14-17,19-22,24-37,44,60-63H,10,13,18,23,38-43,45-47H2,(H,68,70)(H,69,71)(H,72,73)(H,74,75)(H,76,77)(H,78,79). The number of benzene rings is 8. The number of nitrogens with one attached hydrogen (secondary N) is 2. The van der Waals surface area contributed by atoms with Crippen LogP contribution in [0.25, 0.3) is 33.0 Å². The van der Waals surface area contributed by atoms with Crippen LogP contribution in [0.3, 0.4) is 0 Å². The summed E-state index contributed by atoms with van der Waals surface area (Å²) in [6.45, 7) is 0. The van der Waals surface area contributed by atoms with Crippen molar-refractivity contribution in [1.82, 2.24) is 10.6 Å². The SMILES string of the molecule is O=C(NC(CCCCc1ccc(-c2ccc(CC(CP(=O)(O)CCc3ccccc3)C(=O)NC(Cc3ccc4ccccc4c3)C(=O)O)cc2)cc1)C(=O)O)C(Cc1ccc(-c2ccccc2)cc1)CP(=O)(O)CCc1ccccc1. The number of unbranched alkanes of at least 4 members (excludes halogenated alkanes) is 1. The summed E-state index contributed by atoms with van der Waals surface area (Å²) >= 11 is 0. The lowest BCUT2D eigenvalue weighted by Gasteiger charge is -2.23. The number of fused-ring (bicyclic) bond motifs is 1.